The van der Waals surface area contributed by atoms with E-state index in [1.54, 1.807) is 16.7 Å². The Morgan fingerprint density at radius 1 is 1.07 bits per heavy atom. The van der Waals surface area contributed by atoms with E-state index in [0.29, 0.717) is 56.2 Å². The van der Waals surface area contributed by atoms with E-state index in [1.165, 1.54) is 0 Å². The van der Waals surface area contributed by atoms with Crippen LogP contribution in [-0.2, 0) is 28.7 Å². The Morgan fingerprint density at radius 3 is 2.60 bits per heavy atom. The number of nitrogens with one attached hydrogen (secondary N) is 1. The zero-order valence-corrected chi connectivity index (χ0v) is 25.1. The third kappa shape index (κ3) is 6.16. The number of cyclic esters (lactones) is 1. The zero-order valence-electron chi connectivity index (χ0n) is 23.5. The third-order valence-electron chi connectivity index (χ3n) is 8.27. The molecule has 2 N–H and O–H groups in total. The second-order valence-corrected chi connectivity index (χ2v) is 12.1. The topological polar surface area (TPSA) is 125 Å². The number of ether oxygens (including phenoxy) is 2. The molecule has 4 rings (SSSR count). The fourth-order valence-corrected chi connectivity index (χ4v) is 7.03. The van der Waals surface area contributed by atoms with E-state index in [2.05, 4.69) is 28.2 Å². The summed E-state index contributed by atoms with van der Waals surface area (Å²) in [4.78, 5) is 57.7. The fraction of sp³-hybridized carbons (Fsp3) is 0.724. The molecule has 11 heteroatoms. The molecule has 0 unspecified atom stereocenters. The number of rotatable bonds is 9. The summed E-state index contributed by atoms with van der Waals surface area (Å²) in [6.45, 7) is 5.24. The highest BCUT2D eigenvalue weighted by Gasteiger charge is 2.74. The van der Waals surface area contributed by atoms with Gasteiger partial charge in [0.05, 0.1) is 12.5 Å². The number of unbranched alkanes of at least 4 members (excludes halogenated alkanes) is 4. The molecule has 1 spiro atoms. The van der Waals surface area contributed by atoms with Crippen LogP contribution in [0.25, 0.3) is 0 Å². The van der Waals surface area contributed by atoms with Gasteiger partial charge < -0.3 is 29.7 Å². The Balaban J connectivity index is 1.73. The maximum absolute atomic E-state index is 14.4. The monoisotopic (exact) mass is 623 g/mol. The number of halogens is 1. The smallest absolute Gasteiger partial charge is 0.313 e. The van der Waals surface area contributed by atoms with Gasteiger partial charge in [-0.05, 0) is 45.1 Å². The van der Waals surface area contributed by atoms with Gasteiger partial charge in [-0.2, -0.15) is 0 Å². The molecule has 2 saturated heterocycles. The summed E-state index contributed by atoms with van der Waals surface area (Å²) in [7, 11) is 0. The predicted molar refractivity (Wildman–Crippen MR) is 151 cm³/mol. The van der Waals surface area contributed by atoms with Gasteiger partial charge in [0.25, 0.3) is 0 Å². The average Bonchev–Trinajstić information content (AvgIpc) is 3.51. The van der Waals surface area contributed by atoms with E-state index in [1.807, 2.05) is 18.2 Å². The second-order valence-electron chi connectivity index (χ2n) is 11.2. The van der Waals surface area contributed by atoms with Crippen molar-refractivity contribution >= 4 is 39.6 Å². The fourth-order valence-electron chi connectivity index (χ4n) is 6.29. The molecule has 0 aliphatic carbocycles. The number of carbonyl (C=O) groups is 4. The minimum Gasteiger partial charge on any atom is -0.460 e. The van der Waals surface area contributed by atoms with Crippen molar-refractivity contribution in [1.29, 1.82) is 0 Å². The van der Waals surface area contributed by atoms with Gasteiger partial charge in [0.1, 0.15) is 29.8 Å². The van der Waals surface area contributed by atoms with E-state index >= 15 is 0 Å². The van der Waals surface area contributed by atoms with Crippen LogP contribution < -0.4 is 5.32 Å². The molecule has 0 saturated carbocycles. The van der Waals surface area contributed by atoms with Crippen LogP contribution in [0.4, 0.5) is 0 Å². The largest absolute Gasteiger partial charge is 0.460 e. The van der Waals surface area contributed by atoms with Crippen molar-refractivity contribution in [3.8, 4) is 0 Å². The Kier molecular flexibility index (Phi) is 10.5. The zero-order chi connectivity index (χ0) is 28.9. The average molecular weight is 625 g/mol. The summed E-state index contributed by atoms with van der Waals surface area (Å²) in [5.74, 6) is -3.01. The summed E-state index contributed by atoms with van der Waals surface area (Å²) >= 11 is 3.56. The molecule has 0 aromatic rings. The Hall–Kier alpha value is -2.24. The summed E-state index contributed by atoms with van der Waals surface area (Å²) in [5.41, 5.74) is -1.28. The molecule has 0 radical (unpaired) electrons. The number of aliphatic hydroxyl groups is 1. The lowest BCUT2D eigenvalue weighted by Crippen LogP contribution is -2.56. The van der Waals surface area contributed by atoms with Crippen molar-refractivity contribution in [2.24, 2.45) is 11.8 Å². The summed E-state index contributed by atoms with van der Waals surface area (Å²) in [6, 6.07) is -0.916. The molecule has 4 heterocycles. The van der Waals surface area contributed by atoms with Gasteiger partial charge in [-0.3, -0.25) is 19.2 Å². The first-order valence-corrected chi connectivity index (χ1v) is 15.4. The van der Waals surface area contributed by atoms with Crippen LogP contribution in [0.15, 0.2) is 22.7 Å². The molecule has 3 amide bonds. The van der Waals surface area contributed by atoms with Crippen molar-refractivity contribution in [2.75, 3.05) is 32.8 Å². The number of amides is 3. The highest BCUT2D eigenvalue weighted by Crippen LogP contribution is 2.58. The SMILES string of the molecule is CCCCCN1C/C=C\CCC(=O)NC[C@H](C)OC(=O)[C@H]2[C@@H]3O[C@@]4(C=C3Br)[C@@H]2C(=O)N(CCCCCO)[C@@H]4C1=O. The van der Waals surface area contributed by atoms with Crippen LogP contribution in [0.5, 0.6) is 0 Å². The molecule has 6 atom stereocenters. The molecule has 4 aliphatic rings. The number of esters is 1. The number of hydrogen-bond donors (Lipinski definition) is 2. The maximum Gasteiger partial charge on any atom is 0.313 e. The maximum atomic E-state index is 14.4. The van der Waals surface area contributed by atoms with Crippen LogP contribution in [0.2, 0.25) is 0 Å². The number of hydrogen-bond acceptors (Lipinski definition) is 7. The lowest BCUT2D eigenvalue weighted by molar-refractivity contribution is -0.158. The van der Waals surface area contributed by atoms with Crippen LogP contribution in [0.3, 0.4) is 0 Å². The Morgan fingerprint density at radius 2 is 1.85 bits per heavy atom. The van der Waals surface area contributed by atoms with Gasteiger partial charge in [0.15, 0.2) is 0 Å². The van der Waals surface area contributed by atoms with Gasteiger partial charge >= 0.3 is 5.97 Å². The first-order valence-electron chi connectivity index (χ1n) is 14.6. The number of nitrogens with zero attached hydrogens (tertiary/aromatic N) is 2. The minimum absolute atomic E-state index is 0.0629. The highest BCUT2D eigenvalue weighted by atomic mass is 79.9. The van der Waals surface area contributed by atoms with E-state index < -0.39 is 41.7 Å². The normalized spacial score (nSPS) is 33.6. The third-order valence-corrected chi connectivity index (χ3v) is 8.95. The van der Waals surface area contributed by atoms with E-state index in [9.17, 15) is 24.3 Å². The van der Waals surface area contributed by atoms with Gasteiger partial charge in [-0.25, -0.2) is 0 Å². The lowest BCUT2D eigenvalue weighted by Gasteiger charge is -2.36. The quantitative estimate of drug-likeness (QED) is 0.229. The molecule has 4 aliphatic heterocycles. The number of likely N-dealkylation sites (tertiary alicyclic amines) is 1. The van der Waals surface area contributed by atoms with Crippen molar-refractivity contribution in [3.63, 3.8) is 0 Å². The summed E-state index contributed by atoms with van der Waals surface area (Å²) in [5, 5.41) is 12.0. The van der Waals surface area contributed by atoms with Crippen molar-refractivity contribution in [2.45, 2.75) is 89.1 Å². The van der Waals surface area contributed by atoms with Crippen LogP contribution >= 0.6 is 15.9 Å². The number of fused-ring (bicyclic) bond motifs is 2. The van der Waals surface area contributed by atoms with Crippen LogP contribution in [-0.4, -0.2) is 95.2 Å². The van der Waals surface area contributed by atoms with Crippen molar-refractivity contribution < 1.29 is 33.8 Å². The molecule has 5 bridgehead atoms. The van der Waals surface area contributed by atoms with E-state index in [0.717, 1.165) is 19.3 Å². The standard InChI is InChI=1S/C29H42BrN3O7/c1-3-4-8-13-32-14-9-5-7-12-21(35)31-18-19(2)39-28(38)22-23-26(36)33(15-10-6-11-16-34)25(27(32)37)29(23)17-20(30)24(22)40-29/h5,9,17,19,22-25,34H,3-4,6-8,10-16,18H2,1-2H3,(H,31,35)/b9-5-/t19-,22+,23-,24+,25+,29-/m0/s1. The van der Waals surface area contributed by atoms with Crippen LogP contribution in [0, 0.1) is 11.8 Å². The second kappa shape index (κ2) is 13.6. The van der Waals surface area contributed by atoms with Gasteiger partial charge in [0.2, 0.25) is 17.7 Å². The van der Waals surface area contributed by atoms with Gasteiger partial charge in [-0.1, -0.05) is 47.8 Å². The molecule has 40 heavy (non-hydrogen) atoms. The summed E-state index contributed by atoms with van der Waals surface area (Å²) < 4.78 is 12.8. The van der Waals surface area contributed by atoms with Crippen molar-refractivity contribution in [1.82, 2.24) is 15.1 Å². The molecular weight excluding hydrogens is 582 g/mol. The minimum atomic E-state index is -1.28. The van der Waals surface area contributed by atoms with E-state index in [-0.39, 0.29) is 30.9 Å². The van der Waals surface area contributed by atoms with Gasteiger partial charge in [-0.15, -0.1) is 0 Å². The van der Waals surface area contributed by atoms with Crippen molar-refractivity contribution in [3.05, 3.63) is 22.7 Å². The molecule has 222 valence electrons. The molecule has 0 aromatic heterocycles. The Bertz CT molecular complexity index is 1030. The van der Waals surface area contributed by atoms with E-state index in [4.69, 9.17) is 9.47 Å². The molecule has 0 aromatic carbocycles. The Labute approximate surface area is 244 Å². The van der Waals surface area contributed by atoms with Crippen LogP contribution in [0.1, 0.15) is 65.2 Å². The van der Waals surface area contributed by atoms with Gasteiger partial charge in [0, 0.05) is 37.1 Å². The highest BCUT2D eigenvalue weighted by molar-refractivity contribution is 9.11. The number of carbonyl (C=O) groups excluding carboxylic acids is 4. The predicted octanol–water partition coefficient (Wildman–Crippen LogP) is 2.44. The molecule has 2 fully saturated rings. The lowest BCUT2D eigenvalue weighted by atomic mass is 9.74. The first kappa shape index (κ1) is 30.7. The number of aliphatic hydroxyl groups excluding tert-OH is 1. The number of allylic oxidation sites excluding steroid dienone is 1. The summed E-state index contributed by atoms with van der Waals surface area (Å²) in [6.07, 6.45) is 9.84. The molecule has 10 nitrogen and oxygen atoms in total. The molecular formula is C29H42BrN3O7. The first-order chi connectivity index (χ1) is 19.2.